The van der Waals surface area contributed by atoms with Gasteiger partial charge in [-0.1, -0.05) is 0 Å². The maximum atomic E-state index is 12.0. The summed E-state index contributed by atoms with van der Waals surface area (Å²) in [6, 6.07) is 1.88. The molecule has 1 heterocycles. The SMILES string of the molecule is COc1cncc(CCC(=O)NC(C)(CO)C2CC2)c1. The Labute approximate surface area is 119 Å². The minimum atomic E-state index is -0.469. The van der Waals surface area contributed by atoms with Crippen LogP contribution in [0.3, 0.4) is 0 Å². The lowest BCUT2D eigenvalue weighted by atomic mass is 9.96. The molecule has 0 aliphatic heterocycles. The Hall–Kier alpha value is -1.62. The van der Waals surface area contributed by atoms with Crippen LogP contribution in [0.2, 0.25) is 0 Å². The van der Waals surface area contributed by atoms with E-state index in [1.807, 2.05) is 13.0 Å². The van der Waals surface area contributed by atoms with Crippen LogP contribution < -0.4 is 10.1 Å². The minimum Gasteiger partial charge on any atom is -0.495 e. The van der Waals surface area contributed by atoms with Crippen molar-refractivity contribution in [3.8, 4) is 5.75 Å². The van der Waals surface area contributed by atoms with Crippen molar-refractivity contribution in [2.75, 3.05) is 13.7 Å². The zero-order valence-electron chi connectivity index (χ0n) is 12.1. The minimum absolute atomic E-state index is 0.00980. The van der Waals surface area contributed by atoms with Gasteiger partial charge in [0.05, 0.1) is 25.5 Å². The summed E-state index contributed by atoms with van der Waals surface area (Å²) in [5, 5.41) is 12.4. The third-order valence-electron chi connectivity index (χ3n) is 3.88. The van der Waals surface area contributed by atoms with Gasteiger partial charge < -0.3 is 15.2 Å². The quantitative estimate of drug-likeness (QED) is 0.788. The predicted octanol–water partition coefficient (Wildman–Crippen LogP) is 1.30. The van der Waals surface area contributed by atoms with Crippen molar-refractivity contribution >= 4 is 5.91 Å². The molecule has 2 rings (SSSR count). The first-order valence-electron chi connectivity index (χ1n) is 6.97. The number of amides is 1. The van der Waals surface area contributed by atoms with Crippen molar-refractivity contribution in [3.05, 3.63) is 24.0 Å². The molecule has 1 aliphatic carbocycles. The molecule has 5 nitrogen and oxygen atoms in total. The van der Waals surface area contributed by atoms with Crippen LogP contribution in [0, 0.1) is 5.92 Å². The standard InChI is InChI=1S/C15H22N2O3/c1-15(10-18,12-4-5-12)17-14(19)6-3-11-7-13(20-2)9-16-8-11/h7-9,12,18H,3-6,10H2,1-2H3,(H,17,19). The van der Waals surface area contributed by atoms with E-state index in [0.29, 0.717) is 24.5 Å². The molecule has 1 unspecified atom stereocenters. The molecule has 20 heavy (non-hydrogen) atoms. The second-order valence-electron chi connectivity index (χ2n) is 5.63. The normalized spacial score (nSPS) is 17.4. The summed E-state index contributed by atoms with van der Waals surface area (Å²) in [4.78, 5) is 16.1. The predicted molar refractivity (Wildman–Crippen MR) is 75.5 cm³/mol. The van der Waals surface area contributed by atoms with E-state index in [-0.39, 0.29) is 12.5 Å². The highest BCUT2D eigenvalue weighted by Gasteiger charge is 2.41. The van der Waals surface area contributed by atoms with E-state index in [0.717, 1.165) is 18.4 Å². The Kier molecular flexibility index (Phi) is 4.60. The number of methoxy groups -OCH3 is 1. The number of aliphatic hydroxyl groups excluding tert-OH is 1. The van der Waals surface area contributed by atoms with E-state index < -0.39 is 5.54 Å². The topological polar surface area (TPSA) is 71.5 Å². The van der Waals surface area contributed by atoms with Crippen LogP contribution in [-0.2, 0) is 11.2 Å². The van der Waals surface area contributed by atoms with Gasteiger partial charge in [-0.15, -0.1) is 0 Å². The molecule has 5 heteroatoms. The zero-order valence-corrected chi connectivity index (χ0v) is 12.1. The molecule has 1 atom stereocenters. The average Bonchev–Trinajstić information content (AvgIpc) is 3.30. The molecule has 0 spiro atoms. The molecule has 1 aromatic rings. The summed E-state index contributed by atoms with van der Waals surface area (Å²) < 4.78 is 5.10. The largest absolute Gasteiger partial charge is 0.495 e. The van der Waals surface area contributed by atoms with Gasteiger partial charge in [0.25, 0.3) is 0 Å². The first-order chi connectivity index (χ1) is 9.57. The van der Waals surface area contributed by atoms with Crippen LogP contribution in [0.5, 0.6) is 5.75 Å². The van der Waals surface area contributed by atoms with E-state index in [1.165, 1.54) is 0 Å². The summed E-state index contributed by atoms with van der Waals surface area (Å²) in [6.45, 7) is 1.90. The number of aliphatic hydroxyl groups is 1. The van der Waals surface area contributed by atoms with Crippen molar-refractivity contribution in [1.82, 2.24) is 10.3 Å². The number of pyridine rings is 1. The Morgan fingerprint density at radius 2 is 2.30 bits per heavy atom. The highest BCUT2D eigenvalue weighted by molar-refractivity contribution is 5.77. The highest BCUT2D eigenvalue weighted by Crippen LogP contribution is 2.39. The van der Waals surface area contributed by atoms with Crippen molar-refractivity contribution in [3.63, 3.8) is 0 Å². The van der Waals surface area contributed by atoms with Crippen LogP contribution in [0.1, 0.15) is 31.7 Å². The maximum absolute atomic E-state index is 12.0. The van der Waals surface area contributed by atoms with Gasteiger partial charge in [-0.25, -0.2) is 0 Å². The Morgan fingerprint density at radius 1 is 1.55 bits per heavy atom. The number of aryl methyl sites for hydroxylation is 1. The Morgan fingerprint density at radius 3 is 2.90 bits per heavy atom. The number of carbonyl (C=O) groups excluding carboxylic acids is 1. The lowest BCUT2D eigenvalue weighted by Crippen LogP contribution is -2.50. The summed E-state index contributed by atoms with van der Waals surface area (Å²) in [5.41, 5.74) is 0.501. The van der Waals surface area contributed by atoms with Gasteiger partial charge in [0, 0.05) is 12.6 Å². The monoisotopic (exact) mass is 278 g/mol. The molecule has 1 amide bonds. The third kappa shape index (κ3) is 3.70. The van der Waals surface area contributed by atoms with Gasteiger partial charge in [-0.3, -0.25) is 9.78 Å². The molecule has 1 aromatic heterocycles. The number of hydrogen-bond acceptors (Lipinski definition) is 4. The van der Waals surface area contributed by atoms with Crippen LogP contribution >= 0.6 is 0 Å². The molecule has 110 valence electrons. The number of hydrogen-bond donors (Lipinski definition) is 2. The van der Waals surface area contributed by atoms with Gasteiger partial charge in [-0.2, -0.15) is 0 Å². The van der Waals surface area contributed by atoms with Gasteiger partial charge in [0.1, 0.15) is 5.75 Å². The second kappa shape index (κ2) is 6.22. The molecule has 1 saturated carbocycles. The average molecular weight is 278 g/mol. The lowest BCUT2D eigenvalue weighted by molar-refractivity contribution is -0.123. The fraction of sp³-hybridized carbons (Fsp3) is 0.600. The Bertz CT molecular complexity index is 474. The fourth-order valence-corrected chi connectivity index (χ4v) is 2.34. The molecule has 1 aliphatic rings. The third-order valence-corrected chi connectivity index (χ3v) is 3.88. The van der Waals surface area contributed by atoms with E-state index in [9.17, 15) is 9.90 Å². The van der Waals surface area contributed by atoms with E-state index >= 15 is 0 Å². The summed E-state index contributed by atoms with van der Waals surface area (Å²) >= 11 is 0. The lowest BCUT2D eigenvalue weighted by Gasteiger charge is -2.28. The fourth-order valence-electron chi connectivity index (χ4n) is 2.34. The number of aromatic nitrogens is 1. The van der Waals surface area contributed by atoms with Gasteiger partial charge in [-0.05, 0) is 43.7 Å². The molecule has 0 saturated heterocycles. The molecule has 1 fully saturated rings. The smallest absolute Gasteiger partial charge is 0.220 e. The number of nitrogens with one attached hydrogen (secondary N) is 1. The maximum Gasteiger partial charge on any atom is 0.220 e. The van der Waals surface area contributed by atoms with Crippen molar-refractivity contribution in [1.29, 1.82) is 0 Å². The molecular weight excluding hydrogens is 256 g/mol. The molecule has 0 radical (unpaired) electrons. The number of ether oxygens (including phenoxy) is 1. The van der Waals surface area contributed by atoms with Crippen LogP contribution in [0.25, 0.3) is 0 Å². The zero-order chi connectivity index (χ0) is 14.6. The second-order valence-corrected chi connectivity index (χ2v) is 5.63. The molecule has 2 N–H and O–H groups in total. The first kappa shape index (κ1) is 14.8. The van der Waals surface area contributed by atoms with Crippen LogP contribution in [0.4, 0.5) is 0 Å². The molecular formula is C15H22N2O3. The number of nitrogens with zero attached hydrogens (tertiary/aromatic N) is 1. The van der Waals surface area contributed by atoms with Crippen molar-refractivity contribution < 1.29 is 14.6 Å². The number of carbonyl (C=O) groups is 1. The summed E-state index contributed by atoms with van der Waals surface area (Å²) in [6.07, 6.45) is 6.54. The van der Waals surface area contributed by atoms with Crippen LogP contribution in [0.15, 0.2) is 18.5 Å². The highest BCUT2D eigenvalue weighted by atomic mass is 16.5. The molecule has 0 aromatic carbocycles. The summed E-state index contributed by atoms with van der Waals surface area (Å²) in [5.74, 6) is 1.08. The van der Waals surface area contributed by atoms with E-state index in [2.05, 4.69) is 10.3 Å². The van der Waals surface area contributed by atoms with Crippen LogP contribution in [-0.4, -0.2) is 35.3 Å². The molecule has 0 bridgehead atoms. The first-order valence-corrected chi connectivity index (χ1v) is 6.97. The van der Waals surface area contributed by atoms with E-state index in [1.54, 1.807) is 19.5 Å². The van der Waals surface area contributed by atoms with Gasteiger partial charge in [0.15, 0.2) is 0 Å². The van der Waals surface area contributed by atoms with Gasteiger partial charge >= 0.3 is 0 Å². The van der Waals surface area contributed by atoms with Crippen molar-refractivity contribution in [2.45, 2.75) is 38.1 Å². The number of rotatable bonds is 7. The Balaban J connectivity index is 1.85. The van der Waals surface area contributed by atoms with Gasteiger partial charge in [0.2, 0.25) is 5.91 Å². The summed E-state index contributed by atoms with van der Waals surface area (Å²) in [7, 11) is 1.59. The van der Waals surface area contributed by atoms with Crippen molar-refractivity contribution in [2.24, 2.45) is 5.92 Å². The van der Waals surface area contributed by atoms with E-state index in [4.69, 9.17) is 4.74 Å².